The number of allylic oxidation sites excluding steroid dienone is 1. The molecule has 0 radical (unpaired) electrons. The Hall–Kier alpha value is -3.40. The molecule has 3 aromatic rings. The molecular formula is C22H23BrN6O3. The molecule has 2 heterocycles. The van der Waals surface area contributed by atoms with E-state index in [0.717, 1.165) is 16.8 Å². The quantitative estimate of drug-likeness (QED) is 0.485. The third-order valence-electron chi connectivity index (χ3n) is 5.48. The van der Waals surface area contributed by atoms with Crippen molar-refractivity contribution in [2.24, 2.45) is 0 Å². The molecule has 2 aromatic carbocycles. The van der Waals surface area contributed by atoms with Gasteiger partial charge in [0, 0.05) is 11.4 Å². The van der Waals surface area contributed by atoms with E-state index in [4.69, 9.17) is 4.74 Å². The molecular weight excluding hydrogens is 476 g/mol. The number of hydrogen-bond donors (Lipinski definition) is 3. The van der Waals surface area contributed by atoms with Crippen LogP contribution in [0.25, 0.3) is 0 Å². The Morgan fingerprint density at radius 1 is 1.31 bits per heavy atom. The van der Waals surface area contributed by atoms with E-state index in [1.807, 2.05) is 45.9 Å². The molecule has 0 aliphatic carbocycles. The van der Waals surface area contributed by atoms with Gasteiger partial charge < -0.3 is 20.5 Å². The number of anilines is 2. The SMILES string of the molecule is CCOc1cc(C2C(C(=O)Nc3cccc(C)c3C)=C(C)Nc3nnnn32)cc(Br)c1O. The molecule has 1 atom stereocenters. The first-order chi connectivity index (χ1) is 15.3. The number of amides is 1. The van der Waals surface area contributed by atoms with Gasteiger partial charge in [0.15, 0.2) is 11.5 Å². The smallest absolute Gasteiger partial charge is 0.255 e. The molecule has 0 fully saturated rings. The molecule has 4 rings (SSSR count). The highest BCUT2D eigenvalue weighted by atomic mass is 79.9. The highest BCUT2D eigenvalue weighted by Gasteiger charge is 2.35. The summed E-state index contributed by atoms with van der Waals surface area (Å²) < 4.78 is 7.58. The van der Waals surface area contributed by atoms with E-state index in [0.29, 0.717) is 39.6 Å². The number of carbonyl (C=O) groups excluding carboxylic acids is 1. The van der Waals surface area contributed by atoms with Crippen LogP contribution >= 0.6 is 15.9 Å². The molecule has 1 aliphatic heterocycles. The number of phenolic OH excluding ortho intramolecular Hbond substituents is 1. The van der Waals surface area contributed by atoms with Gasteiger partial charge >= 0.3 is 0 Å². The van der Waals surface area contributed by atoms with Crippen molar-refractivity contribution in [2.75, 3.05) is 17.2 Å². The first-order valence-corrected chi connectivity index (χ1v) is 10.9. The number of nitrogens with one attached hydrogen (secondary N) is 2. The van der Waals surface area contributed by atoms with Gasteiger partial charge in [0.25, 0.3) is 5.91 Å². The Labute approximate surface area is 193 Å². The van der Waals surface area contributed by atoms with Crippen LogP contribution in [0.5, 0.6) is 11.5 Å². The predicted molar refractivity (Wildman–Crippen MR) is 124 cm³/mol. The number of nitrogens with zero attached hydrogens (tertiary/aromatic N) is 4. The average molecular weight is 499 g/mol. The van der Waals surface area contributed by atoms with E-state index < -0.39 is 6.04 Å². The van der Waals surface area contributed by atoms with Crippen LogP contribution in [0.2, 0.25) is 0 Å². The van der Waals surface area contributed by atoms with Crippen LogP contribution in [0.4, 0.5) is 11.6 Å². The standard InChI is InChI=1S/C22H23BrN6O3/c1-5-32-17-10-14(9-15(23)20(17)30)19-18(13(4)24-22-26-27-28-29(19)22)21(31)25-16-8-6-7-11(2)12(16)3/h6-10,19,30H,5H2,1-4H3,(H,25,31)(H,24,26,28). The van der Waals surface area contributed by atoms with Crippen LogP contribution in [0, 0.1) is 13.8 Å². The van der Waals surface area contributed by atoms with Crippen LogP contribution in [-0.2, 0) is 4.79 Å². The summed E-state index contributed by atoms with van der Waals surface area (Å²) in [7, 11) is 0. The lowest BCUT2D eigenvalue weighted by Crippen LogP contribution is -2.31. The molecule has 0 spiro atoms. The van der Waals surface area contributed by atoms with Gasteiger partial charge in [-0.3, -0.25) is 4.79 Å². The number of carbonyl (C=O) groups is 1. The number of benzene rings is 2. The first-order valence-electron chi connectivity index (χ1n) is 10.1. The Kier molecular flexibility index (Phi) is 5.88. The second-order valence-corrected chi connectivity index (χ2v) is 8.35. The molecule has 1 aromatic heterocycles. The minimum Gasteiger partial charge on any atom is -0.503 e. The summed E-state index contributed by atoms with van der Waals surface area (Å²) in [6.45, 7) is 7.98. The van der Waals surface area contributed by atoms with E-state index in [-0.39, 0.29) is 11.7 Å². The maximum Gasteiger partial charge on any atom is 0.255 e. The summed E-state index contributed by atoms with van der Waals surface area (Å²) in [5.41, 5.74) is 4.57. The summed E-state index contributed by atoms with van der Waals surface area (Å²) in [6.07, 6.45) is 0. The summed E-state index contributed by atoms with van der Waals surface area (Å²) in [4.78, 5) is 13.5. The molecule has 0 saturated heterocycles. The molecule has 10 heteroatoms. The second-order valence-electron chi connectivity index (χ2n) is 7.50. The van der Waals surface area contributed by atoms with Crippen molar-refractivity contribution >= 4 is 33.5 Å². The molecule has 0 saturated carbocycles. The van der Waals surface area contributed by atoms with E-state index in [9.17, 15) is 9.90 Å². The van der Waals surface area contributed by atoms with Crippen molar-refractivity contribution in [3.05, 3.63) is 62.8 Å². The number of fused-ring (bicyclic) bond motifs is 1. The van der Waals surface area contributed by atoms with Gasteiger partial charge in [0.05, 0.1) is 16.7 Å². The van der Waals surface area contributed by atoms with Crippen molar-refractivity contribution in [1.82, 2.24) is 20.2 Å². The molecule has 3 N–H and O–H groups in total. The number of aryl methyl sites for hydroxylation is 1. The number of aromatic hydroxyl groups is 1. The summed E-state index contributed by atoms with van der Waals surface area (Å²) in [6, 6.07) is 8.56. The van der Waals surface area contributed by atoms with Crippen LogP contribution in [-0.4, -0.2) is 37.8 Å². The lowest BCUT2D eigenvalue weighted by molar-refractivity contribution is -0.113. The van der Waals surface area contributed by atoms with Crippen molar-refractivity contribution in [2.45, 2.75) is 33.7 Å². The zero-order chi connectivity index (χ0) is 23.0. The fourth-order valence-electron chi connectivity index (χ4n) is 3.71. The topological polar surface area (TPSA) is 114 Å². The Morgan fingerprint density at radius 2 is 2.09 bits per heavy atom. The second kappa shape index (κ2) is 8.62. The van der Waals surface area contributed by atoms with Crippen molar-refractivity contribution in [3.8, 4) is 11.5 Å². The van der Waals surface area contributed by atoms with Crippen LogP contribution in [0.15, 0.2) is 46.1 Å². The largest absolute Gasteiger partial charge is 0.503 e. The number of tetrazole rings is 1. The highest BCUT2D eigenvalue weighted by Crippen LogP contribution is 2.42. The fourth-order valence-corrected chi connectivity index (χ4v) is 4.17. The lowest BCUT2D eigenvalue weighted by atomic mass is 9.94. The number of hydrogen-bond acceptors (Lipinski definition) is 7. The molecule has 1 unspecified atom stereocenters. The van der Waals surface area contributed by atoms with Crippen molar-refractivity contribution in [3.63, 3.8) is 0 Å². The number of rotatable bonds is 5. The van der Waals surface area contributed by atoms with Gasteiger partial charge in [0.1, 0.15) is 6.04 Å². The summed E-state index contributed by atoms with van der Waals surface area (Å²) in [5.74, 6) is 0.426. The molecule has 1 aliphatic rings. The number of halogens is 1. The van der Waals surface area contributed by atoms with Gasteiger partial charge in [0.2, 0.25) is 5.95 Å². The monoisotopic (exact) mass is 498 g/mol. The van der Waals surface area contributed by atoms with Gasteiger partial charge in [-0.15, -0.1) is 0 Å². The zero-order valence-electron chi connectivity index (χ0n) is 18.1. The average Bonchev–Trinajstić information content (AvgIpc) is 3.21. The highest BCUT2D eigenvalue weighted by molar-refractivity contribution is 9.10. The molecule has 0 bridgehead atoms. The van der Waals surface area contributed by atoms with Crippen LogP contribution in [0.3, 0.4) is 0 Å². The maximum atomic E-state index is 13.5. The van der Waals surface area contributed by atoms with E-state index in [1.165, 1.54) is 0 Å². The van der Waals surface area contributed by atoms with Gasteiger partial charge in [-0.2, -0.15) is 4.68 Å². The van der Waals surface area contributed by atoms with Crippen molar-refractivity contribution in [1.29, 1.82) is 0 Å². The van der Waals surface area contributed by atoms with Crippen LogP contribution in [0.1, 0.15) is 36.6 Å². The van der Waals surface area contributed by atoms with E-state index in [2.05, 4.69) is 42.1 Å². The first kappa shape index (κ1) is 21.8. The number of aromatic nitrogens is 4. The predicted octanol–water partition coefficient (Wildman–Crippen LogP) is 4.08. The maximum absolute atomic E-state index is 13.5. The lowest BCUT2D eigenvalue weighted by Gasteiger charge is -2.28. The Morgan fingerprint density at radius 3 is 2.84 bits per heavy atom. The molecule has 9 nitrogen and oxygen atoms in total. The fraction of sp³-hybridized carbons (Fsp3) is 0.273. The van der Waals surface area contributed by atoms with Gasteiger partial charge in [-0.1, -0.05) is 17.2 Å². The Bertz CT molecular complexity index is 1240. The van der Waals surface area contributed by atoms with Crippen molar-refractivity contribution < 1.29 is 14.6 Å². The minimum absolute atomic E-state index is 0.0106. The minimum atomic E-state index is -0.637. The molecule has 1 amide bonds. The number of ether oxygens (including phenoxy) is 1. The molecule has 166 valence electrons. The Balaban J connectivity index is 1.82. The third-order valence-corrected chi connectivity index (χ3v) is 6.08. The van der Waals surface area contributed by atoms with Crippen LogP contribution < -0.4 is 15.4 Å². The summed E-state index contributed by atoms with van der Waals surface area (Å²) >= 11 is 3.38. The van der Waals surface area contributed by atoms with Gasteiger partial charge in [-0.25, -0.2) is 0 Å². The summed E-state index contributed by atoms with van der Waals surface area (Å²) in [5, 5.41) is 28.4. The van der Waals surface area contributed by atoms with E-state index >= 15 is 0 Å². The van der Waals surface area contributed by atoms with E-state index in [1.54, 1.807) is 16.8 Å². The third kappa shape index (κ3) is 3.81. The number of phenols is 1. The molecule has 32 heavy (non-hydrogen) atoms. The van der Waals surface area contributed by atoms with Gasteiger partial charge in [-0.05, 0) is 88.9 Å². The zero-order valence-corrected chi connectivity index (χ0v) is 19.7. The normalized spacial score (nSPS) is 15.2.